The van der Waals surface area contributed by atoms with Gasteiger partial charge in [0.05, 0.1) is 0 Å². The number of anilines is 1. The Labute approximate surface area is 105 Å². The van der Waals surface area contributed by atoms with Crippen LogP contribution in [-0.2, 0) is 4.74 Å². The maximum atomic E-state index is 5.59. The zero-order valence-corrected chi connectivity index (χ0v) is 11.0. The summed E-state index contributed by atoms with van der Waals surface area (Å²) >= 11 is 0. The van der Waals surface area contributed by atoms with E-state index in [1.807, 2.05) is 0 Å². The van der Waals surface area contributed by atoms with Crippen molar-refractivity contribution < 1.29 is 4.74 Å². The number of ether oxygens (including phenoxy) is 1. The largest absolute Gasteiger partial charge is 0.385 e. The van der Waals surface area contributed by atoms with Gasteiger partial charge in [-0.05, 0) is 44.0 Å². The van der Waals surface area contributed by atoms with Crippen LogP contribution >= 0.6 is 0 Å². The summed E-state index contributed by atoms with van der Waals surface area (Å²) in [6.45, 7) is 5.72. The van der Waals surface area contributed by atoms with E-state index < -0.39 is 0 Å². The Balaban J connectivity index is 2.60. The molecular formula is C14H24N2O. The topological polar surface area (TPSA) is 38.5 Å². The van der Waals surface area contributed by atoms with Crippen LogP contribution in [0.2, 0.25) is 0 Å². The molecule has 0 unspecified atom stereocenters. The molecule has 3 nitrogen and oxygen atoms in total. The Bertz CT molecular complexity index is 315. The van der Waals surface area contributed by atoms with Crippen molar-refractivity contribution in [3.63, 3.8) is 0 Å². The Morgan fingerprint density at radius 1 is 1.24 bits per heavy atom. The van der Waals surface area contributed by atoms with Crippen LogP contribution < -0.4 is 10.6 Å². The van der Waals surface area contributed by atoms with Gasteiger partial charge in [0.15, 0.2) is 0 Å². The number of methoxy groups -OCH3 is 1. The van der Waals surface area contributed by atoms with Crippen molar-refractivity contribution in [3.8, 4) is 0 Å². The number of nitrogens with two attached hydrogens (primary N) is 1. The Morgan fingerprint density at radius 3 is 2.65 bits per heavy atom. The molecule has 1 aromatic carbocycles. The molecule has 0 aliphatic heterocycles. The molecule has 0 amide bonds. The first-order valence-corrected chi connectivity index (χ1v) is 6.28. The van der Waals surface area contributed by atoms with Gasteiger partial charge in [0.1, 0.15) is 0 Å². The number of benzene rings is 1. The highest BCUT2D eigenvalue weighted by Gasteiger charge is 2.05. The summed E-state index contributed by atoms with van der Waals surface area (Å²) in [4.78, 5) is 2.39. The van der Waals surface area contributed by atoms with Gasteiger partial charge in [0.2, 0.25) is 0 Å². The van der Waals surface area contributed by atoms with Crippen LogP contribution in [0, 0.1) is 6.92 Å². The van der Waals surface area contributed by atoms with E-state index >= 15 is 0 Å². The fourth-order valence-electron chi connectivity index (χ4n) is 1.88. The summed E-state index contributed by atoms with van der Waals surface area (Å²) in [6, 6.07) is 8.62. The zero-order valence-electron chi connectivity index (χ0n) is 11.0. The Hall–Kier alpha value is -1.06. The molecule has 2 N–H and O–H groups in total. The number of rotatable bonds is 8. The van der Waals surface area contributed by atoms with E-state index in [-0.39, 0.29) is 0 Å². The van der Waals surface area contributed by atoms with E-state index in [9.17, 15) is 0 Å². The quantitative estimate of drug-likeness (QED) is 0.703. The normalized spacial score (nSPS) is 10.5. The molecule has 1 rings (SSSR count). The van der Waals surface area contributed by atoms with Gasteiger partial charge >= 0.3 is 0 Å². The van der Waals surface area contributed by atoms with Crippen LogP contribution in [0.5, 0.6) is 0 Å². The SMILES string of the molecule is COCCCN(CCCN)c1cccc(C)c1. The van der Waals surface area contributed by atoms with Gasteiger partial charge in [0.25, 0.3) is 0 Å². The molecule has 0 spiro atoms. The lowest BCUT2D eigenvalue weighted by molar-refractivity contribution is 0.196. The lowest BCUT2D eigenvalue weighted by Crippen LogP contribution is -2.28. The van der Waals surface area contributed by atoms with Crippen LogP contribution in [0.3, 0.4) is 0 Å². The number of hydrogen-bond donors (Lipinski definition) is 1. The lowest BCUT2D eigenvalue weighted by Gasteiger charge is -2.25. The monoisotopic (exact) mass is 236 g/mol. The van der Waals surface area contributed by atoms with Gasteiger partial charge in [0, 0.05) is 32.5 Å². The minimum Gasteiger partial charge on any atom is -0.385 e. The second-order valence-electron chi connectivity index (χ2n) is 4.31. The summed E-state index contributed by atoms with van der Waals surface area (Å²) in [5, 5.41) is 0. The highest BCUT2D eigenvalue weighted by molar-refractivity contribution is 5.48. The molecule has 0 atom stereocenters. The average molecular weight is 236 g/mol. The van der Waals surface area contributed by atoms with Crippen molar-refractivity contribution in [3.05, 3.63) is 29.8 Å². The van der Waals surface area contributed by atoms with Gasteiger partial charge in [-0.25, -0.2) is 0 Å². The van der Waals surface area contributed by atoms with Crippen molar-refractivity contribution in [2.24, 2.45) is 5.73 Å². The fraction of sp³-hybridized carbons (Fsp3) is 0.571. The summed E-state index contributed by atoms with van der Waals surface area (Å²) in [5.74, 6) is 0. The van der Waals surface area contributed by atoms with E-state index in [2.05, 4.69) is 36.1 Å². The van der Waals surface area contributed by atoms with E-state index in [1.165, 1.54) is 11.3 Å². The molecule has 0 aliphatic carbocycles. The van der Waals surface area contributed by atoms with Crippen LogP contribution in [0.4, 0.5) is 5.69 Å². The first-order valence-electron chi connectivity index (χ1n) is 6.28. The molecule has 0 saturated carbocycles. The van der Waals surface area contributed by atoms with E-state index in [0.29, 0.717) is 0 Å². The molecule has 0 fully saturated rings. The molecule has 0 radical (unpaired) electrons. The van der Waals surface area contributed by atoms with Gasteiger partial charge in [-0.3, -0.25) is 0 Å². The molecular weight excluding hydrogens is 212 g/mol. The van der Waals surface area contributed by atoms with Crippen molar-refractivity contribution in [1.29, 1.82) is 0 Å². The fourth-order valence-corrected chi connectivity index (χ4v) is 1.88. The van der Waals surface area contributed by atoms with Crippen molar-refractivity contribution in [2.75, 3.05) is 38.3 Å². The highest BCUT2D eigenvalue weighted by Crippen LogP contribution is 2.16. The van der Waals surface area contributed by atoms with Crippen LogP contribution in [0.25, 0.3) is 0 Å². The second-order valence-corrected chi connectivity index (χ2v) is 4.31. The second kappa shape index (κ2) is 8.09. The molecule has 0 heterocycles. The molecule has 0 aliphatic rings. The van der Waals surface area contributed by atoms with Crippen molar-refractivity contribution >= 4 is 5.69 Å². The van der Waals surface area contributed by atoms with Gasteiger partial charge < -0.3 is 15.4 Å². The van der Waals surface area contributed by atoms with E-state index in [1.54, 1.807) is 7.11 Å². The zero-order chi connectivity index (χ0) is 12.5. The first kappa shape index (κ1) is 14.0. The third-order valence-electron chi connectivity index (χ3n) is 2.78. The smallest absolute Gasteiger partial charge is 0.0479 e. The van der Waals surface area contributed by atoms with Gasteiger partial charge in [-0.15, -0.1) is 0 Å². The van der Waals surface area contributed by atoms with E-state index in [4.69, 9.17) is 10.5 Å². The van der Waals surface area contributed by atoms with Crippen molar-refractivity contribution in [2.45, 2.75) is 19.8 Å². The van der Waals surface area contributed by atoms with Crippen LogP contribution in [0.15, 0.2) is 24.3 Å². The third-order valence-corrected chi connectivity index (χ3v) is 2.78. The minimum atomic E-state index is 0.743. The molecule has 96 valence electrons. The minimum absolute atomic E-state index is 0.743. The summed E-state index contributed by atoms with van der Waals surface area (Å²) in [6.07, 6.45) is 2.08. The maximum Gasteiger partial charge on any atom is 0.0479 e. The standard InChI is InChI=1S/C14H24N2O/c1-13-6-3-7-14(12-13)16(9-4-8-15)10-5-11-17-2/h3,6-7,12H,4-5,8-11,15H2,1-2H3. The molecule has 1 aromatic rings. The number of nitrogens with zero attached hydrogens (tertiary/aromatic N) is 1. The average Bonchev–Trinajstić information content (AvgIpc) is 2.33. The summed E-state index contributed by atoms with van der Waals surface area (Å²) in [7, 11) is 1.75. The number of aryl methyl sites for hydroxylation is 1. The van der Waals surface area contributed by atoms with Gasteiger partial charge in [-0.2, -0.15) is 0 Å². The Morgan fingerprint density at radius 2 is 2.00 bits per heavy atom. The third kappa shape index (κ3) is 5.20. The van der Waals surface area contributed by atoms with Crippen molar-refractivity contribution in [1.82, 2.24) is 0 Å². The van der Waals surface area contributed by atoms with Crippen LogP contribution in [-0.4, -0.2) is 33.4 Å². The molecule has 0 saturated heterocycles. The maximum absolute atomic E-state index is 5.59. The lowest BCUT2D eigenvalue weighted by atomic mass is 10.2. The Kier molecular flexibility index (Phi) is 6.67. The number of hydrogen-bond acceptors (Lipinski definition) is 3. The molecule has 0 bridgehead atoms. The van der Waals surface area contributed by atoms with Crippen LogP contribution in [0.1, 0.15) is 18.4 Å². The molecule has 17 heavy (non-hydrogen) atoms. The summed E-state index contributed by atoms with van der Waals surface area (Å²) in [5.41, 5.74) is 8.17. The van der Waals surface area contributed by atoms with Gasteiger partial charge in [-0.1, -0.05) is 12.1 Å². The molecule has 3 heteroatoms. The predicted octanol–water partition coefficient (Wildman–Crippen LogP) is 2.19. The predicted molar refractivity (Wildman–Crippen MR) is 73.6 cm³/mol. The summed E-state index contributed by atoms with van der Waals surface area (Å²) < 4.78 is 5.10. The first-order chi connectivity index (χ1) is 8.27. The molecule has 0 aromatic heterocycles. The van der Waals surface area contributed by atoms with E-state index in [0.717, 1.165) is 39.1 Å². The highest BCUT2D eigenvalue weighted by atomic mass is 16.5.